The zero-order valence-corrected chi connectivity index (χ0v) is 15.6. The Balaban J connectivity index is 1.58. The molecule has 8 heteroatoms. The van der Waals surface area contributed by atoms with Crippen LogP contribution in [0.25, 0.3) is 11.2 Å². The predicted molar refractivity (Wildman–Crippen MR) is 102 cm³/mol. The van der Waals surface area contributed by atoms with Crippen LogP contribution in [0, 0.1) is 5.92 Å². The summed E-state index contributed by atoms with van der Waals surface area (Å²) >= 11 is 0. The van der Waals surface area contributed by atoms with Crippen molar-refractivity contribution in [1.29, 1.82) is 0 Å². The summed E-state index contributed by atoms with van der Waals surface area (Å²) in [6, 6.07) is 8.21. The van der Waals surface area contributed by atoms with Gasteiger partial charge >= 0.3 is 0 Å². The summed E-state index contributed by atoms with van der Waals surface area (Å²) in [5, 5.41) is 9.96. The predicted octanol–water partition coefficient (Wildman–Crippen LogP) is 1.75. The minimum atomic E-state index is -1.06. The van der Waals surface area contributed by atoms with Gasteiger partial charge in [-0.2, -0.15) is 0 Å². The van der Waals surface area contributed by atoms with Crippen LogP contribution in [-0.4, -0.2) is 63.7 Å². The van der Waals surface area contributed by atoms with Crippen LogP contribution in [0.3, 0.4) is 0 Å². The molecule has 2 aliphatic rings. The number of nitrogens with zero attached hydrogens (tertiary/aromatic N) is 5. The Labute approximate surface area is 161 Å². The largest absolute Gasteiger partial charge is 0.396 e. The highest BCUT2D eigenvalue weighted by Crippen LogP contribution is 2.40. The first-order valence-corrected chi connectivity index (χ1v) is 9.49. The average Bonchev–Trinajstić information content (AvgIpc) is 3.41. The van der Waals surface area contributed by atoms with Gasteiger partial charge in [-0.3, -0.25) is 0 Å². The zero-order chi connectivity index (χ0) is 19.3. The third-order valence-corrected chi connectivity index (χ3v) is 5.98. The summed E-state index contributed by atoms with van der Waals surface area (Å²) in [4.78, 5) is 15.3. The molecule has 4 atom stereocenters. The lowest BCUT2D eigenvalue weighted by Gasteiger charge is -2.21. The van der Waals surface area contributed by atoms with Crippen LogP contribution >= 0.6 is 0 Å². The third kappa shape index (κ3) is 2.59. The highest BCUT2D eigenvalue weighted by atomic mass is 19.1. The number of ether oxygens (including phenoxy) is 1. The van der Waals surface area contributed by atoms with Crippen molar-refractivity contribution < 1.29 is 14.2 Å². The van der Waals surface area contributed by atoms with E-state index >= 15 is 0 Å². The molecule has 0 amide bonds. The zero-order valence-electron chi connectivity index (χ0n) is 15.6. The number of methoxy groups -OCH3 is 1. The van der Waals surface area contributed by atoms with Gasteiger partial charge in [-0.05, 0) is 17.5 Å². The second-order valence-corrected chi connectivity index (χ2v) is 7.51. The van der Waals surface area contributed by atoms with E-state index in [2.05, 4.69) is 27.1 Å². The van der Waals surface area contributed by atoms with Gasteiger partial charge in [-0.25, -0.2) is 19.3 Å². The van der Waals surface area contributed by atoms with Crippen LogP contribution in [0.1, 0.15) is 17.2 Å². The van der Waals surface area contributed by atoms with E-state index in [4.69, 9.17) is 4.74 Å². The van der Waals surface area contributed by atoms with Crippen LogP contribution in [-0.2, 0) is 11.2 Å². The van der Waals surface area contributed by atoms with Crippen molar-refractivity contribution in [3.8, 4) is 0 Å². The van der Waals surface area contributed by atoms with Gasteiger partial charge in [-0.1, -0.05) is 24.3 Å². The van der Waals surface area contributed by atoms with E-state index in [1.54, 1.807) is 6.33 Å². The van der Waals surface area contributed by atoms with Crippen LogP contribution in [0.2, 0.25) is 0 Å². The Hall–Kier alpha value is -2.58. The Bertz CT molecular complexity index is 1010. The van der Waals surface area contributed by atoms with E-state index in [1.807, 2.05) is 21.6 Å². The number of alkyl halides is 1. The SMILES string of the molecule is CO[C@@H]1CN(c2ncnc3c2ncn3[C@H]2c3ccccc3C[C@H]2CO)C[C@H]1F. The van der Waals surface area contributed by atoms with E-state index < -0.39 is 12.3 Å². The summed E-state index contributed by atoms with van der Waals surface area (Å²) in [6.07, 6.45) is 2.55. The number of halogens is 1. The topological polar surface area (TPSA) is 76.3 Å². The fourth-order valence-electron chi connectivity index (χ4n) is 4.60. The smallest absolute Gasteiger partial charge is 0.166 e. The first kappa shape index (κ1) is 17.5. The molecule has 1 fully saturated rings. The Morgan fingerprint density at radius 2 is 2.07 bits per heavy atom. The van der Waals surface area contributed by atoms with E-state index in [0.717, 1.165) is 6.42 Å². The number of aliphatic hydroxyl groups excluding tert-OH is 1. The van der Waals surface area contributed by atoms with Crippen LogP contribution in [0.4, 0.5) is 10.2 Å². The van der Waals surface area contributed by atoms with E-state index in [0.29, 0.717) is 23.5 Å². The molecule has 1 N–H and O–H groups in total. The molecule has 0 spiro atoms. The standard InChI is InChI=1S/C20H22FN5O2/c1-28-16-8-25(7-15(16)21)19-17-20(23-10-22-19)26(11-24-17)18-13(9-27)6-12-4-2-3-5-14(12)18/h2-5,10-11,13,15-16,18,27H,6-9H2,1H3/t13-,15+,16+,18+/m0/s1. The van der Waals surface area contributed by atoms with E-state index in [9.17, 15) is 9.50 Å². The monoisotopic (exact) mass is 383 g/mol. The van der Waals surface area contributed by atoms with Crippen molar-refractivity contribution in [2.75, 3.05) is 31.7 Å². The molecule has 1 aromatic carbocycles. The molecule has 1 aliphatic carbocycles. The van der Waals surface area contributed by atoms with Crippen molar-refractivity contribution in [3.05, 3.63) is 48.0 Å². The van der Waals surface area contributed by atoms with Crippen LogP contribution < -0.4 is 4.90 Å². The molecule has 2 aromatic heterocycles. The third-order valence-electron chi connectivity index (χ3n) is 5.98. The number of aromatic nitrogens is 4. The molecule has 3 heterocycles. The van der Waals surface area contributed by atoms with Crippen molar-refractivity contribution in [1.82, 2.24) is 19.5 Å². The van der Waals surface area contributed by atoms with E-state index in [-0.39, 0.29) is 25.1 Å². The number of benzene rings is 1. The second kappa shape index (κ2) is 6.79. The van der Waals surface area contributed by atoms with Crippen molar-refractivity contribution >= 4 is 17.0 Å². The molecule has 146 valence electrons. The molecule has 0 saturated carbocycles. The summed E-state index contributed by atoms with van der Waals surface area (Å²) in [6.45, 7) is 0.743. The fourth-order valence-corrected chi connectivity index (χ4v) is 4.60. The lowest BCUT2D eigenvalue weighted by Crippen LogP contribution is -2.24. The molecule has 0 unspecified atom stereocenters. The summed E-state index contributed by atoms with van der Waals surface area (Å²) in [5.74, 6) is 0.686. The molecule has 1 saturated heterocycles. The summed E-state index contributed by atoms with van der Waals surface area (Å²) < 4.78 is 21.4. The van der Waals surface area contributed by atoms with Gasteiger partial charge in [-0.15, -0.1) is 0 Å². The maximum Gasteiger partial charge on any atom is 0.166 e. The summed E-state index contributed by atoms with van der Waals surface area (Å²) in [7, 11) is 1.53. The maximum atomic E-state index is 14.2. The van der Waals surface area contributed by atoms with Crippen LogP contribution in [0.5, 0.6) is 0 Å². The molecular formula is C20H22FN5O2. The van der Waals surface area contributed by atoms with Gasteiger partial charge in [0, 0.05) is 26.2 Å². The van der Waals surface area contributed by atoms with Gasteiger partial charge in [0.05, 0.1) is 18.9 Å². The normalized spacial score (nSPS) is 26.9. The Morgan fingerprint density at radius 1 is 1.21 bits per heavy atom. The number of fused-ring (bicyclic) bond motifs is 2. The minimum Gasteiger partial charge on any atom is -0.396 e. The van der Waals surface area contributed by atoms with Gasteiger partial charge < -0.3 is 19.3 Å². The van der Waals surface area contributed by atoms with Gasteiger partial charge in [0.2, 0.25) is 0 Å². The van der Waals surface area contributed by atoms with Crippen LogP contribution in [0.15, 0.2) is 36.9 Å². The Kier molecular flexibility index (Phi) is 4.25. The van der Waals surface area contributed by atoms with Crippen molar-refractivity contribution in [2.24, 2.45) is 5.92 Å². The molecule has 0 bridgehead atoms. The number of anilines is 1. The molecule has 7 nitrogen and oxygen atoms in total. The number of rotatable bonds is 4. The molecule has 28 heavy (non-hydrogen) atoms. The van der Waals surface area contributed by atoms with Gasteiger partial charge in [0.15, 0.2) is 17.0 Å². The molecular weight excluding hydrogens is 361 g/mol. The number of imidazole rings is 1. The fraction of sp³-hybridized carbons (Fsp3) is 0.450. The summed E-state index contributed by atoms with van der Waals surface area (Å²) in [5.41, 5.74) is 3.77. The average molecular weight is 383 g/mol. The number of aliphatic hydroxyl groups is 1. The first-order valence-electron chi connectivity index (χ1n) is 9.49. The lowest BCUT2D eigenvalue weighted by molar-refractivity contribution is 0.0650. The number of hydrogen-bond acceptors (Lipinski definition) is 6. The Morgan fingerprint density at radius 3 is 2.86 bits per heavy atom. The molecule has 3 aromatic rings. The second-order valence-electron chi connectivity index (χ2n) is 7.51. The molecule has 5 rings (SSSR count). The quantitative estimate of drug-likeness (QED) is 0.740. The van der Waals surface area contributed by atoms with Crippen molar-refractivity contribution in [2.45, 2.75) is 24.7 Å². The highest BCUT2D eigenvalue weighted by Gasteiger charge is 2.37. The lowest BCUT2D eigenvalue weighted by atomic mass is 10.0. The van der Waals surface area contributed by atoms with Gasteiger partial charge in [0.25, 0.3) is 0 Å². The highest BCUT2D eigenvalue weighted by molar-refractivity contribution is 5.83. The molecule has 0 radical (unpaired) electrons. The first-order chi connectivity index (χ1) is 13.7. The number of hydrogen-bond donors (Lipinski definition) is 1. The maximum absolute atomic E-state index is 14.2. The van der Waals surface area contributed by atoms with Crippen molar-refractivity contribution in [3.63, 3.8) is 0 Å². The van der Waals surface area contributed by atoms with Gasteiger partial charge in [0.1, 0.15) is 18.6 Å². The minimum absolute atomic E-state index is 0.0341. The molecule has 1 aliphatic heterocycles. The van der Waals surface area contributed by atoms with E-state index in [1.165, 1.54) is 24.6 Å².